The Bertz CT molecular complexity index is 888. The maximum atomic E-state index is 5.78. The number of unbranched alkanes of at least 4 members (excludes halogenated alkanes) is 2. The van der Waals surface area contributed by atoms with Gasteiger partial charge in [0.25, 0.3) is 0 Å². The Morgan fingerprint density at radius 3 is 2.57 bits per heavy atom. The topological polar surface area (TPSA) is 37.4 Å². The molecule has 0 bridgehead atoms. The lowest BCUT2D eigenvalue weighted by molar-refractivity contribution is 0.344. The van der Waals surface area contributed by atoms with Crippen molar-refractivity contribution in [3.05, 3.63) is 42.5 Å². The van der Waals surface area contributed by atoms with Gasteiger partial charge in [0, 0.05) is 29.7 Å². The highest BCUT2D eigenvalue weighted by atomic mass is 35.5. The van der Waals surface area contributed by atoms with Crippen LogP contribution < -0.4 is 10.1 Å². The summed E-state index contributed by atoms with van der Waals surface area (Å²) in [5.74, 6) is 1.55. The van der Waals surface area contributed by atoms with Gasteiger partial charge < -0.3 is 15.0 Å². The number of ether oxygens (including phenoxy) is 1. The van der Waals surface area contributed by atoms with Crippen LogP contribution in [0.5, 0.6) is 5.75 Å². The number of aromatic nitrogens is 1. The molecule has 3 rings (SSSR count). The monoisotopic (exact) mass is 421 g/mol. The average molecular weight is 422 g/mol. The number of nitrogens with one attached hydrogen (secondary N) is 1. The Morgan fingerprint density at radius 1 is 1.00 bits per heavy atom. The molecule has 2 aromatic carbocycles. The van der Waals surface area contributed by atoms with E-state index < -0.39 is 0 Å². The summed E-state index contributed by atoms with van der Waals surface area (Å²) >= 11 is 5.78. The van der Waals surface area contributed by atoms with Crippen molar-refractivity contribution in [1.82, 2.24) is 9.88 Å². The highest BCUT2D eigenvalue weighted by Gasteiger charge is 2.09. The van der Waals surface area contributed by atoms with Crippen molar-refractivity contribution in [2.24, 2.45) is 0 Å². The molecule has 1 aromatic heterocycles. The van der Waals surface area contributed by atoms with Crippen LogP contribution in [0.4, 0.5) is 5.69 Å². The first-order chi connectivity index (χ1) is 13.2. The van der Waals surface area contributed by atoms with E-state index in [-0.39, 0.29) is 12.4 Å². The van der Waals surface area contributed by atoms with E-state index in [2.05, 4.69) is 41.5 Å². The van der Waals surface area contributed by atoms with Gasteiger partial charge in [0.15, 0.2) is 0 Å². The number of nitrogens with zero attached hydrogens (tertiary/aromatic N) is 2. The second-order valence-electron chi connectivity index (χ2n) is 6.87. The van der Waals surface area contributed by atoms with E-state index in [4.69, 9.17) is 21.3 Å². The largest absolute Gasteiger partial charge is 0.497 e. The van der Waals surface area contributed by atoms with E-state index in [1.165, 1.54) is 12.8 Å². The highest BCUT2D eigenvalue weighted by molar-refractivity contribution is 6.18. The molecule has 0 fully saturated rings. The van der Waals surface area contributed by atoms with Crippen molar-refractivity contribution in [2.75, 3.05) is 45.0 Å². The van der Waals surface area contributed by atoms with Crippen LogP contribution in [-0.2, 0) is 0 Å². The highest BCUT2D eigenvalue weighted by Crippen LogP contribution is 2.32. The summed E-state index contributed by atoms with van der Waals surface area (Å²) in [5.41, 5.74) is 3.15. The van der Waals surface area contributed by atoms with Crippen LogP contribution in [-0.4, -0.2) is 49.6 Å². The number of anilines is 1. The van der Waals surface area contributed by atoms with E-state index >= 15 is 0 Å². The predicted octanol–water partition coefficient (Wildman–Crippen LogP) is 5.57. The smallest absolute Gasteiger partial charge is 0.119 e. The van der Waals surface area contributed by atoms with Gasteiger partial charge in [0.1, 0.15) is 5.75 Å². The molecule has 0 aliphatic heterocycles. The fraction of sp³-hybridized carbons (Fsp3) is 0.409. The van der Waals surface area contributed by atoms with E-state index in [0.717, 1.165) is 59.3 Å². The zero-order valence-corrected chi connectivity index (χ0v) is 18.2. The molecule has 0 amide bonds. The molecule has 0 aliphatic rings. The van der Waals surface area contributed by atoms with Crippen molar-refractivity contribution in [3.8, 4) is 5.75 Å². The van der Waals surface area contributed by atoms with Crippen LogP contribution >= 0.6 is 24.0 Å². The van der Waals surface area contributed by atoms with Crippen LogP contribution in [0.2, 0.25) is 0 Å². The summed E-state index contributed by atoms with van der Waals surface area (Å²) in [4.78, 5) is 7.08. The number of para-hydroxylation sites is 1. The fourth-order valence-corrected chi connectivity index (χ4v) is 3.63. The molecular weight excluding hydrogens is 393 g/mol. The van der Waals surface area contributed by atoms with Gasteiger partial charge in [0.2, 0.25) is 0 Å². The normalized spacial score (nSPS) is 11.0. The Kier molecular flexibility index (Phi) is 9.10. The number of hydrogen-bond donors (Lipinski definition) is 1. The first-order valence-electron chi connectivity index (χ1n) is 9.58. The zero-order chi connectivity index (χ0) is 19.1. The second kappa shape index (κ2) is 11.3. The summed E-state index contributed by atoms with van der Waals surface area (Å²) < 4.78 is 5.42. The molecule has 3 aromatic rings. The van der Waals surface area contributed by atoms with Gasteiger partial charge in [-0.05, 0) is 50.7 Å². The van der Waals surface area contributed by atoms with Crippen molar-refractivity contribution in [1.29, 1.82) is 0 Å². The molecule has 0 radical (unpaired) electrons. The number of hydrogen-bond acceptors (Lipinski definition) is 4. The first kappa shape index (κ1) is 22.5. The lowest BCUT2D eigenvalue weighted by atomic mass is 10.1. The van der Waals surface area contributed by atoms with Crippen molar-refractivity contribution in [3.63, 3.8) is 0 Å². The van der Waals surface area contributed by atoms with Crippen LogP contribution in [0.25, 0.3) is 21.8 Å². The molecule has 0 saturated heterocycles. The van der Waals surface area contributed by atoms with E-state index in [1.807, 2.05) is 18.2 Å². The number of alkyl halides is 1. The molecule has 4 nitrogen and oxygen atoms in total. The molecule has 152 valence electrons. The standard InChI is InChI=1S/C22H28ClN3O.ClH/c1-26(15-12-23)14-7-3-6-13-24-22-18-8-4-5-9-20(18)25-21-11-10-17(27-2)16-19(21)22;/h4-5,8-11,16H,3,6-7,12-15H2,1-2H3,(H,24,25);1H. The molecule has 1 heterocycles. The van der Waals surface area contributed by atoms with E-state index in [0.29, 0.717) is 5.88 Å². The van der Waals surface area contributed by atoms with Gasteiger partial charge in [0.05, 0.1) is 23.8 Å². The molecule has 1 N–H and O–H groups in total. The van der Waals surface area contributed by atoms with Gasteiger partial charge in [-0.25, -0.2) is 4.98 Å². The predicted molar refractivity (Wildman–Crippen MR) is 124 cm³/mol. The quantitative estimate of drug-likeness (QED) is 0.263. The van der Waals surface area contributed by atoms with Gasteiger partial charge in [-0.2, -0.15) is 0 Å². The Hall–Kier alpha value is -1.75. The molecule has 0 atom stereocenters. The number of fused-ring (bicyclic) bond motifs is 2. The summed E-state index contributed by atoms with van der Waals surface area (Å²) in [6, 6.07) is 14.4. The minimum atomic E-state index is 0. The molecule has 0 unspecified atom stereocenters. The van der Waals surface area contributed by atoms with Crippen LogP contribution in [0.3, 0.4) is 0 Å². The third-order valence-corrected chi connectivity index (χ3v) is 5.04. The average Bonchev–Trinajstić information content (AvgIpc) is 2.69. The lowest BCUT2D eigenvalue weighted by Crippen LogP contribution is -2.21. The molecule has 28 heavy (non-hydrogen) atoms. The Labute approximate surface area is 178 Å². The molecule has 6 heteroatoms. The van der Waals surface area contributed by atoms with Gasteiger partial charge in [-0.1, -0.05) is 24.6 Å². The summed E-state index contributed by atoms with van der Waals surface area (Å²) in [6.45, 7) is 3.00. The minimum absolute atomic E-state index is 0. The van der Waals surface area contributed by atoms with Crippen molar-refractivity contribution < 1.29 is 4.74 Å². The molecule has 0 saturated carbocycles. The fourth-order valence-electron chi connectivity index (χ4n) is 3.34. The van der Waals surface area contributed by atoms with Crippen LogP contribution in [0.15, 0.2) is 42.5 Å². The maximum absolute atomic E-state index is 5.78. The van der Waals surface area contributed by atoms with Gasteiger partial charge in [-0.15, -0.1) is 24.0 Å². The number of methoxy groups -OCH3 is 1. The maximum Gasteiger partial charge on any atom is 0.119 e. The van der Waals surface area contributed by atoms with Crippen molar-refractivity contribution in [2.45, 2.75) is 19.3 Å². The Morgan fingerprint density at radius 2 is 1.79 bits per heavy atom. The summed E-state index contributed by atoms with van der Waals surface area (Å²) in [6.07, 6.45) is 3.53. The summed E-state index contributed by atoms with van der Waals surface area (Å²) in [7, 11) is 3.83. The lowest BCUT2D eigenvalue weighted by Gasteiger charge is -2.15. The SMILES string of the molecule is COc1ccc2nc3ccccc3c(NCCCCCN(C)CCCl)c2c1.Cl. The van der Waals surface area contributed by atoms with E-state index in [9.17, 15) is 0 Å². The molecular formula is C22H29Cl2N3O. The number of pyridine rings is 1. The van der Waals surface area contributed by atoms with Crippen molar-refractivity contribution >= 4 is 51.5 Å². The van der Waals surface area contributed by atoms with Crippen LogP contribution in [0, 0.1) is 0 Å². The molecule has 0 spiro atoms. The summed E-state index contributed by atoms with van der Waals surface area (Å²) in [5, 5.41) is 5.92. The number of benzene rings is 2. The first-order valence-corrected chi connectivity index (χ1v) is 10.1. The Balaban J connectivity index is 0.00000280. The second-order valence-corrected chi connectivity index (χ2v) is 7.24. The number of halogens is 2. The zero-order valence-electron chi connectivity index (χ0n) is 16.6. The third-order valence-electron chi connectivity index (χ3n) is 4.87. The molecule has 0 aliphatic carbocycles. The van der Waals surface area contributed by atoms with Gasteiger partial charge >= 0.3 is 0 Å². The van der Waals surface area contributed by atoms with Crippen LogP contribution in [0.1, 0.15) is 19.3 Å². The van der Waals surface area contributed by atoms with Gasteiger partial charge in [-0.3, -0.25) is 0 Å². The third kappa shape index (κ3) is 5.63. The van der Waals surface area contributed by atoms with E-state index in [1.54, 1.807) is 7.11 Å². The number of rotatable bonds is 10. The minimum Gasteiger partial charge on any atom is -0.497 e.